The summed E-state index contributed by atoms with van der Waals surface area (Å²) >= 11 is 5.18. The zero-order valence-electron chi connectivity index (χ0n) is 14.7. The number of anilines is 1. The fourth-order valence-corrected chi connectivity index (χ4v) is 4.42. The van der Waals surface area contributed by atoms with Gasteiger partial charge in [0.25, 0.3) is 0 Å². The lowest BCUT2D eigenvalue weighted by Gasteiger charge is -2.25. The van der Waals surface area contributed by atoms with E-state index in [-0.39, 0.29) is 0 Å². The predicted octanol–water partition coefficient (Wildman–Crippen LogP) is 2.58. The Labute approximate surface area is 164 Å². The molecule has 0 bridgehead atoms. The highest BCUT2D eigenvalue weighted by molar-refractivity contribution is 7.89. The molecule has 3 rings (SSSR count). The Kier molecular flexibility index (Phi) is 6.49. The van der Waals surface area contributed by atoms with E-state index in [1.807, 2.05) is 18.2 Å². The van der Waals surface area contributed by atoms with E-state index >= 15 is 0 Å². The van der Waals surface area contributed by atoms with E-state index in [9.17, 15) is 8.42 Å². The summed E-state index contributed by atoms with van der Waals surface area (Å²) < 4.78 is 26.8. The van der Waals surface area contributed by atoms with Gasteiger partial charge in [-0.1, -0.05) is 12.5 Å². The molecule has 1 aliphatic heterocycles. The van der Waals surface area contributed by atoms with E-state index in [1.54, 1.807) is 41.0 Å². The lowest BCUT2D eigenvalue weighted by molar-refractivity contribution is 0.346. The first-order valence-corrected chi connectivity index (χ1v) is 10.5. The second-order valence-corrected chi connectivity index (χ2v) is 8.41. The van der Waals surface area contributed by atoms with Crippen LogP contribution in [0.3, 0.4) is 0 Å². The molecular weight excluding hydrogens is 382 g/mol. The van der Waals surface area contributed by atoms with Crippen LogP contribution in [0.1, 0.15) is 25.0 Å². The fraction of sp³-hybridized carbons (Fsp3) is 0.278. The Bertz CT molecular complexity index is 893. The maximum absolute atomic E-state index is 12.6. The number of pyridine rings is 1. The first kappa shape index (κ1) is 19.4. The highest BCUT2D eigenvalue weighted by Crippen LogP contribution is 2.21. The van der Waals surface area contributed by atoms with E-state index in [1.165, 1.54) is 0 Å². The van der Waals surface area contributed by atoms with Gasteiger partial charge in [-0.3, -0.25) is 10.4 Å². The molecule has 2 aromatic rings. The smallest absolute Gasteiger partial charge is 0.243 e. The average Bonchev–Trinajstić information content (AvgIpc) is 2.70. The molecule has 142 valence electrons. The molecule has 1 saturated heterocycles. The Morgan fingerprint density at radius 1 is 1.11 bits per heavy atom. The molecule has 2 N–H and O–H groups in total. The van der Waals surface area contributed by atoms with Gasteiger partial charge in [0.2, 0.25) is 10.0 Å². The molecule has 9 heteroatoms. The van der Waals surface area contributed by atoms with Crippen molar-refractivity contribution in [2.24, 2.45) is 5.10 Å². The van der Waals surface area contributed by atoms with Crippen molar-refractivity contribution in [3.05, 3.63) is 54.4 Å². The van der Waals surface area contributed by atoms with Crippen LogP contribution >= 0.6 is 12.2 Å². The number of hydrazone groups is 1. The van der Waals surface area contributed by atoms with Crippen LogP contribution in [-0.4, -0.2) is 42.1 Å². The van der Waals surface area contributed by atoms with Crippen LogP contribution < -0.4 is 10.7 Å². The number of sulfonamides is 1. The van der Waals surface area contributed by atoms with E-state index in [2.05, 4.69) is 20.8 Å². The number of piperidine rings is 1. The van der Waals surface area contributed by atoms with Crippen LogP contribution in [0, 0.1) is 0 Å². The lowest BCUT2D eigenvalue weighted by Crippen LogP contribution is -2.35. The third kappa shape index (κ3) is 5.31. The molecule has 1 aromatic carbocycles. The van der Waals surface area contributed by atoms with Crippen molar-refractivity contribution in [3.8, 4) is 0 Å². The van der Waals surface area contributed by atoms with Gasteiger partial charge < -0.3 is 5.32 Å². The number of hydrogen-bond acceptors (Lipinski definition) is 5. The Balaban J connectivity index is 1.57. The normalized spacial score (nSPS) is 15.6. The van der Waals surface area contributed by atoms with Gasteiger partial charge in [0, 0.05) is 25.0 Å². The Hall–Kier alpha value is -2.36. The van der Waals surface area contributed by atoms with Crippen LogP contribution in [-0.2, 0) is 10.0 Å². The van der Waals surface area contributed by atoms with Gasteiger partial charge in [-0.05, 0) is 61.5 Å². The van der Waals surface area contributed by atoms with Crippen LogP contribution in [0.5, 0.6) is 0 Å². The van der Waals surface area contributed by atoms with Gasteiger partial charge in [-0.15, -0.1) is 0 Å². The molecule has 0 radical (unpaired) electrons. The van der Waals surface area contributed by atoms with E-state index in [0.717, 1.165) is 19.3 Å². The zero-order valence-corrected chi connectivity index (χ0v) is 16.3. The Morgan fingerprint density at radius 3 is 2.52 bits per heavy atom. The molecule has 2 heterocycles. The van der Waals surface area contributed by atoms with Gasteiger partial charge in [0.15, 0.2) is 5.11 Å². The molecular formula is C18H21N5O2S2. The van der Waals surface area contributed by atoms with Crippen LogP contribution in [0.25, 0.3) is 0 Å². The first-order valence-electron chi connectivity index (χ1n) is 8.67. The monoisotopic (exact) mass is 403 g/mol. The molecule has 0 saturated carbocycles. The van der Waals surface area contributed by atoms with Gasteiger partial charge in [-0.2, -0.15) is 9.41 Å². The van der Waals surface area contributed by atoms with Crippen molar-refractivity contribution in [3.63, 3.8) is 0 Å². The number of nitrogens with zero attached hydrogens (tertiary/aromatic N) is 3. The van der Waals surface area contributed by atoms with Gasteiger partial charge in [0.1, 0.15) is 0 Å². The topological polar surface area (TPSA) is 86.7 Å². The number of thiocarbonyl (C=S) groups is 1. The summed E-state index contributed by atoms with van der Waals surface area (Å²) in [6.45, 7) is 1.18. The molecule has 1 aliphatic rings. The third-order valence-electron chi connectivity index (χ3n) is 4.12. The summed E-state index contributed by atoms with van der Waals surface area (Å²) in [5, 5.41) is 7.28. The summed E-state index contributed by atoms with van der Waals surface area (Å²) in [5.74, 6) is 0. The molecule has 1 aromatic heterocycles. The average molecular weight is 404 g/mol. The van der Waals surface area contributed by atoms with E-state index < -0.39 is 10.0 Å². The van der Waals surface area contributed by atoms with Gasteiger partial charge in [0.05, 0.1) is 16.8 Å². The lowest BCUT2D eigenvalue weighted by atomic mass is 10.2. The molecule has 7 nitrogen and oxygen atoms in total. The molecule has 0 spiro atoms. The summed E-state index contributed by atoms with van der Waals surface area (Å²) in [6, 6.07) is 12.1. The van der Waals surface area contributed by atoms with E-state index in [0.29, 0.717) is 34.5 Å². The summed E-state index contributed by atoms with van der Waals surface area (Å²) in [6.07, 6.45) is 6.15. The minimum absolute atomic E-state index is 0.294. The Morgan fingerprint density at radius 2 is 1.85 bits per heavy atom. The largest absolute Gasteiger partial charge is 0.331 e. The number of benzene rings is 1. The molecule has 0 aliphatic carbocycles. The van der Waals surface area contributed by atoms with Crippen molar-refractivity contribution < 1.29 is 8.42 Å². The molecule has 0 amide bonds. The van der Waals surface area contributed by atoms with Crippen molar-refractivity contribution in [2.75, 3.05) is 18.4 Å². The van der Waals surface area contributed by atoms with Crippen LogP contribution in [0.15, 0.2) is 58.7 Å². The summed E-state index contributed by atoms with van der Waals surface area (Å²) in [4.78, 5) is 4.41. The molecule has 1 fully saturated rings. The minimum atomic E-state index is -3.43. The number of aromatic nitrogens is 1. The van der Waals surface area contributed by atoms with Crippen molar-refractivity contribution in [1.82, 2.24) is 14.7 Å². The van der Waals surface area contributed by atoms with Crippen LogP contribution in [0.2, 0.25) is 0 Å². The second-order valence-electron chi connectivity index (χ2n) is 6.07. The third-order valence-corrected chi connectivity index (χ3v) is 6.22. The standard InChI is InChI=1S/C18H21N5O2S2/c24-27(25,23-12-4-1-5-13-23)17-9-7-15(8-10-17)21-18(26)22-20-14-16-6-2-3-11-19-16/h2-3,6-11,14H,1,4-5,12-13H2,(H2,21,22,26)/b20-14-. The second kappa shape index (κ2) is 9.03. The first-order chi connectivity index (χ1) is 13.1. The highest BCUT2D eigenvalue weighted by Gasteiger charge is 2.25. The summed E-state index contributed by atoms with van der Waals surface area (Å²) in [5.41, 5.74) is 4.09. The predicted molar refractivity (Wildman–Crippen MR) is 110 cm³/mol. The quantitative estimate of drug-likeness (QED) is 0.453. The molecule has 0 atom stereocenters. The number of hydrogen-bond donors (Lipinski definition) is 2. The van der Waals surface area contributed by atoms with Crippen LogP contribution in [0.4, 0.5) is 5.69 Å². The fourth-order valence-electron chi connectivity index (χ4n) is 2.73. The zero-order chi connectivity index (χ0) is 19.1. The van der Waals surface area contributed by atoms with E-state index in [4.69, 9.17) is 12.2 Å². The number of nitrogens with one attached hydrogen (secondary N) is 2. The highest BCUT2D eigenvalue weighted by atomic mass is 32.2. The maximum atomic E-state index is 12.6. The van der Waals surface area contributed by atoms with Crippen molar-refractivity contribution in [2.45, 2.75) is 24.2 Å². The van der Waals surface area contributed by atoms with Crippen molar-refractivity contribution in [1.29, 1.82) is 0 Å². The number of rotatable bonds is 5. The molecule has 27 heavy (non-hydrogen) atoms. The van der Waals surface area contributed by atoms with Gasteiger partial charge in [-0.25, -0.2) is 8.42 Å². The minimum Gasteiger partial charge on any atom is -0.331 e. The maximum Gasteiger partial charge on any atom is 0.243 e. The molecule has 0 unspecified atom stereocenters. The summed E-state index contributed by atoms with van der Waals surface area (Å²) in [7, 11) is -3.43. The SMILES string of the molecule is O=S(=O)(c1ccc(NC(=S)N/N=C\c2ccccn2)cc1)N1CCCCC1. The van der Waals surface area contributed by atoms with Crippen molar-refractivity contribution >= 4 is 39.3 Å². The van der Waals surface area contributed by atoms with Gasteiger partial charge >= 0.3 is 0 Å².